The Kier molecular flexibility index (Phi) is 5.21. The van der Waals surface area contributed by atoms with Crippen molar-refractivity contribution in [2.24, 2.45) is 0 Å². The van der Waals surface area contributed by atoms with Crippen LogP contribution in [0.1, 0.15) is 24.5 Å². The van der Waals surface area contributed by atoms with E-state index >= 15 is 0 Å². The maximum atomic E-state index is 13.3. The molecule has 2 N–H and O–H groups in total. The molecule has 4 heterocycles. The van der Waals surface area contributed by atoms with E-state index in [1.165, 1.54) is 6.20 Å². The minimum absolute atomic E-state index is 0.0620. The van der Waals surface area contributed by atoms with Crippen LogP contribution in [0, 0.1) is 0 Å². The molecule has 172 valence electrons. The van der Waals surface area contributed by atoms with E-state index in [2.05, 4.69) is 20.0 Å². The number of anilines is 1. The molecule has 2 bridgehead atoms. The molecule has 7 nitrogen and oxygen atoms in total. The molecular formula is C19H17F5N4O3S. The predicted octanol–water partition coefficient (Wildman–Crippen LogP) is 4.09. The van der Waals surface area contributed by atoms with Gasteiger partial charge in [0.1, 0.15) is 11.1 Å². The first kappa shape index (κ1) is 21.3. The van der Waals surface area contributed by atoms with Crippen molar-refractivity contribution in [1.29, 1.82) is 0 Å². The summed E-state index contributed by atoms with van der Waals surface area (Å²) >= 11 is 1.14. The summed E-state index contributed by atoms with van der Waals surface area (Å²) < 4.78 is 76.2. The highest BCUT2D eigenvalue weighted by molar-refractivity contribution is 7.13. The lowest BCUT2D eigenvalue weighted by atomic mass is 10.0. The van der Waals surface area contributed by atoms with Crippen LogP contribution >= 0.6 is 11.3 Å². The van der Waals surface area contributed by atoms with E-state index in [0.29, 0.717) is 18.1 Å². The predicted molar refractivity (Wildman–Crippen MR) is 105 cm³/mol. The number of hydrogen-bond donors (Lipinski definition) is 2. The summed E-state index contributed by atoms with van der Waals surface area (Å²) in [6.45, 7) is 1.08. The highest BCUT2D eigenvalue weighted by Gasteiger charge is 2.39. The lowest BCUT2D eigenvalue weighted by Crippen LogP contribution is -2.51. The van der Waals surface area contributed by atoms with E-state index in [0.717, 1.165) is 30.2 Å². The molecule has 5 rings (SSSR count). The van der Waals surface area contributed by atoms with Crippen LogP contribution in [0.25, 0.3) is 21.7 Å². The number of hydrogen-bond acceptors (Lipinski definition) is 8. The summed E-state index contributed by atoms with van der Waals surface area (Å²) in [5.74, 6) is -1.01. The number of nitrogens with zero attached hydrogens (tertiary/aromatic N) is 3. The molecule has 0 spiro atoms. The Morgan fingerprint density at radius 3 is 2.56 bits per heavy atom. The molecule has 13 heteroatoms. The molecule has 1 aromatic carbocycles. The second-order valence-electron chi connectivity index (χ2n) is 7.72. The summed E-state index contributed by atoms with van der Waals surface area (Å²) in [4.78, 5) is 10.1. The van der Waals surface area contributed by atoms with Gasteiger partial charge in [0, 0.05) is 42.3 Å². The molecule has 3 aromatic rings. The fourth-order valence-corrected chi connectivity index (χ4v) is 4.90. The summed E-state index contributed by atoms with van der Waals surface area (Å²) in [7, 11) is 0. The van der Waals surface area contributed by atoms with Crippen molar-refractivity contribution < 1.29 is 36.2 Å². The van der Waals surface area contributed by atoms with E-state index in [1.54, 1.807) is 5.38 Å². The average molecular weight is 476 g/mol. The number of thiazole rings is 1. The number of oxazole rings is 1. The zero-order valence-electron chi connectivity index (χ0n) is 16.3. The van der Waals surface area contributed by atoms with Crippen molar-refractivity contribution in [1.82, 2.24) is 15.3 Å². The number of aromatic nitrogens is 2. The van der Waals surface area contributed by atoms with Crippen molar-refractivity contribution in [3.05, 3.63) is 23.2 Å². The maximum absolute atomic E-state index is 13.3. The second-order valence-corrected chi connectivity index (χ2v) is 8.62. The van der Waals surface area contributed by atoms with Crippen molar-refractivity contribution in [3.63, 3.8) is 0 Å². The van der Waals surface area contributed by atoms with Gasteiger partial charge in [-0.25, -0.2) is 13.8 Å². The average Bonchev–Trinajstić information content (AvgIpc) is 3.46. The smallest absolute Gasteiger partial charge is 0.422 e. The minimum atomic E-state index is -5.19. The number of nitrogens with one attached hydrogen (secondary N) is 1. The Labute approximate surface area is 181 Å². The second kappa shape index (κ2) is 7.81. The lowest BCUT2D eigenvalue weighted by molar-refractivity contribution is -0.274. The van der Waals surface area contributed by atoms with Gasteiger partial charge in [-0.15, -0.1) is 24.5 Å². The fraction of sp³-hybridized carbons (Fsp3) is 0.474. The first-order valence-corrected chi connectivity index (χ1v) is 10.7. The highest BCUT2D eigenvalue weighted by atomic mass is 32.1. The summed E-state index contributed by atoms with van der Waals surface area (Å²) in [5.41, 5.74) is -1.07. The molecule has 2 fully saturated rings. The molecule has 2 aliphatic heterocycles. The van der Waals surface area contributed by atoms with Gasteiger partial charge in [0.05, 0.1) is 5.56 Å². The van der Waals surface area contributed by atoms with Crippen molar-refractivity contribution in [2.75, 3.05) is 18.0 Å². The Morgan fingerprint density at radius 1 is 1.25 bits per heavy atom. The fourth-order valence-electron chi connectivity index (χ4n) is 4.25. The molecule has 2 saturated heterocycles. The van der Waals surface area contributed by atoms with Gasteiger partial charge in [0.15, 0.2) is 16.8 Å². The van der Waals surface area contributed by atoms with Crippen LogP contribution in [0.5, 0.6) is 5.75 Å². The van der Waals surface area contributed by atoms with Gasteiger partial charge in [-0.3, -0.25) is 0 Å². The van der Waals surface area contributed by atoms with Crippen LogP contribution in [0.3, 0.4) is 0 Å². The van der Waals surface area contributed by atoms with E-state index in [4.69, 9.17) is 4.42 Å². The number of ether oxygens (including phenoxy) is 1. The third kappa shape index (κ3) is 3.88. The minimum Gasteiger partial charge on any atom is -0.422 e. The van der Waals surface area contributed by atoms with Crippen LogP contribution < -0.4 is 15.0 Å². The Hall–Kier alpha value is -2.51. The molecule has 0 aliphatic carbocycles. The standard InChI is InChI=1S/C19H17F5N4O3S/c20-16(21)13(29)10-5-11(17-25-3-4-32-17)14-12(15(10)31-19(22,23)24)27-18(30-14)28-6-8-1-2-9(7-28)26-8/h3-5,8-9,13,16,26,29H,1-2,6-7H2/t8?,9?,13-/m1/s1. The molecule has 32 heavy (non-hydrogen) atoms. The topological polar surface area (TPSA) is 83.7 Å². The number of benzene rings is 1. The van der Waals surface area contributed by atoms with Crippen LogP contribution in [-0.2, 0) is 0 Å². The zero-order chi connectivity index (χ0) is 22.6. The monoisotopic (exact) mass is 476 g/mol. The normalized spacial score (nSPS) is 22.2. The third-order valence-corrected chi connectivity index (χ3v) is 6.37. The molecule has 0 radical (unpaired) electrons. The lowest BCUT2D eigenvalue weighted by Gasteiger charge is -2.31. The largest absolute Gasteiger partial charge is 0.573 e. The van der Waals surface area contributed by atoms with Crippen molar-refractivity contribution >= 4 is 28.5 Å². The molecule has 2 aliphatic rings. The van der Waals surface area contributed by atoms with Gasteiger partial charge in [-0.2, -0.15) is 4.98 Å². The molecule has 0 saturated carbocycles. The van der Waals surface area contributed by atoms with Crippen LogP contribution in [-0.4, -0.2) is 53.0 Å². The molecule has 3 atom stereocenters. The van der Waals surface area contributed by atoms with Gasteiger partial charge in [0.2, 0.25) is 0 Å². The molecule has 0 amide bonds. The summed E-state index contributed by atoms with van der Waals surface area (Å²) in [6, 6.07) is 1.45. The molecular weight excluding hydrogens is 459 g/mol. The third-order valence-electron chi connectivity index (χ3n) is 5.56. The van der Waals surface area contributed by atoms with Crippen LogP contribution in [0.2, 0.25) is 0 Å². The van der Waals surface area contributed by atoms with Crippen LogP contribution in [0.15, 0.2) is 22.1 Å². The van der Waals surface area contributed by atoms with Gasteiger partial charge in [-0.05, 0) is 18.9 Å². The number of aliphatic hydroxyl groups is 1. The van der Waals surface area contributed by atoms with Crippen LogP contribution in [0.4, 0.5) is 28.0 Å². The highest BCUT2D eigenvalue weighted by Crippen LogP contribution is 2.45. The zero-order valence-corrected chi connectivity index (χ0v) is 17.1. The van der Waals surface area contributed by atoms with Crippen molar-refractivity contribution in [3.8, 4) is 16.3 Å². The van der Waals surface area contributed by atoms with E-state index in [9.17, 15) is 27.1 Å². The SMILES string of the molecule is O[C@H](c1cc(-c2nccs2)c2oc(N3CC4CCC(C3)N4)nc2c1OC(F)(F)F)C(F)F. The maximum Gasteiger partial charge on any atom is 0.573 e. The van der Waals surface area contributed by atoms with Gasteiger partial charge in [0.25, 0.3) is 12.4 Å². The van der Waals surface area contributed by atoms with E-state index in [1.807, 2.05) is 4.90 Å². The van der Waals surface area contributed by atoms with Gasteiger partial charge >= 0.3 is 6.36 Å². The number of aliphatic hydroxyl groups excluding tert-OH is 1. The summed E-state index contributed by atoms with van der Waals surface area (Å²) in [5, 5.41) is 15.4. The summed E-state index contributed by atoms with van der Waals surface area (Å²) in [6.07, 6.45) is -7.69. The van der Waals surface area contributed by atoms with E-state index in [-0.39, 0.29) is 29.2 Å². The Bertz CT molecular complexity index is 1110. The number of halogens is 5. The number of rotatable bonds is 5. The quantitative estimate of drug-likeness (QED) is 0.537. The van der Waals surface area contributed by atoms with Gasteiger partial charge < -0.3 is 24.5 Å². The van der Waals surface area contributed by atoms with Crippen molar-refractivity contribution in [2.45, 2.75) is 43.8 Å². The van der Waals surface area contributed by atoms with E-state index < -0.39 is 35.7 Å². The Morgan fingerprint density at radius 2 is 1.97 bits per heavy atom. The number of fused-ring (bicyclic) bond motifs is 3. The van der Waals surface area contributed by atoms with Gasteiger partial charge in [-0.1, -0.05) is 0 Å². The molecule has 2 unspecified atom stereocenters. The first-order chi connectivity index (χ1) is 15.2. The Balaban J connectivity index is 1.71. The molecule has 2 aromatic heterocycles. The number of piperazine rings is 1. The number of alkyl halides is 5. The first-order valence-electron chi connectivity index (χ1n) is 9.80.